The van der Waals surface area contributed by atoms with Crippen molar-refractivity contribution in [2.24, 2.45) is 5.92 Å². The largest absolute Gasteiger partial charge is 0.461 e. The van der Waals surface area contributed by atoms with Gasteiger partial charge in [0.25, 0.3) is 0 Å². The van der Waals surface area contributed by atoms with Crippen molar-refractivity contribution in [3.63, 3.8) is 0 Å². The highest BCUT2D eigenvalue weighted by atomic mass is 32.1. The Hall–Kier alpha value is -2.09. The van der Waals surface area contributed by atoms with Crippen LogP contribution in [-0.4, -0.2) is 50.4 Å². The molecule has 0 saturated carbocycles. The minimum atomic E-state index is 0.604. The van der Waals surface area contributed by atoms with Crippen molar-refractivity contribution in [2.45, 2.75) is 32.0 Å². The first-order valence-corrected chi connectivity index (χ1v) is 10.5. The maximum Gasteiger partial charge on any atom is 0.195 e. The lowest BCUT2D eigenvalue weighted by Crippen LogP contribution is -2.43. The van der Waals surface area contributed by atoms with Gasteiger partial charge in [-0.15, -0.1) is 11.3 Å². The third-order valence-electron chi connectivity index (χ3n) is 5.60. The Kier molecular flexibility index (Phi) is 4.73. The van der Waals surface area contributed by atoms with Crippen LogP contribution < -0.4 is 0 Å². The quantitative estimate of drug-likeness (QED) is 0.676. The number of fused-ring (bicyclic) bond motifs is 4. The van der Waals surface area contributed by atoms with Gasteiger partial charge in [-0.25, -0.2) is 15.0 Å². The first-order chi connectivity index (χ1) is 13.3. The monoisotopic (exact) mass is 381 g/mol. The van der Waals surface area contributed by atoms with Gasteiger partial charge in [0.2, 0.25) is 0 Å². The van der Waals surface area contributed by atoms with Crippen LogP contribution in [0.3, 0.4) is 0 Å². The number of aromatic nitrogens is 3. The molecule has 27 heavy (non-hydrogen) atoms. The predicted molar refractivity (Wildman–Crippen MR) is 104 cm³/mol. The molecule has 7 heteroatoms. The van der Waals surface area contributed by atoms with E-state index < -0.39 is 0 Å². The van der Waals surface area contributed by atoms with E-state index in [1.54, 1.807) is 17.6 Å². The number of piperidine rings is 1. The molecule has 6 nitrogen and oxygen atoms in total. The fourth-order valence-corrected chi connectivity index (χ4v) is 4.90. The Balaban J connectivity index is 1.26. The van der Waals surface area contributed by atoms with E-state index in [0.717, 1.165) is 32.1 Å². The van der Waals surface area contributed by atoms with Gasteiger partial charge in [-0.05, 0) is 30.9 Å². The van der Waals surface area contributed by atoms with Crippen LogP contribution in [0.15, 0.2) is 46.1 Å². The third kappa shape index (κ3) is 3.81. The molecule has 6 heterocycles. The Bertz CT molecular complexity index is 849. The Morgan fingerprint density at radius 3 is 2.78 bits per heavy atom. The van der Waals surface area contributed by atoms with Gasteiger partial charge < -0.3 is 4.42 Å². The molecule has 3 fully saturated rings. The van der Waals surface area contributed by atoms with E-state index in [1.165, 1.54) is 30.6 Å². The second-order valence-corrected chi connectivity index (χ2v) is 8.31. The van der Waals surface area contributed by atoms with Crippen molar-refractivity contribution in [3.05, 3.63) is 52.9 Å². The van der Waals surface area contributed by atoms with Crippen LogP contribution in [0.25, 0.3) is 11.6 Å². The third-order valence-corrected chi connectivity index (χ3v) is 6.24. The van der Waals surface area contributed by atoms with Gasteiger partial charge in [0, 0.05) is 62.1 Å². The highest BCUT2D eigenvalue weighted by Gasteiger charge is 2.34. The van der Waals surface area contributed by atoms with E-state index in [2.05, 4.69) is 30.1 Å². The molecule has 0 unspecified atom stereocenters. The smallest absolute Gasteiger partial charge is 0.195 e. The maximum atomic E-state index is 5.38. The molecule has 3 saturated heterocycles. The lowest BCUT2D eigenvalue weighted by Gasteiger charge is -2.36. The lowest BCUT2D eigenvalue weighted by molar-refractivity contribution is 0.123. The molecule has 0 N–H and O–H groups in total. The first kappa shape index (κ1) is 17.0. The average Bonchev–Trinajstić information content (AvgIpc) is 3.33. The van der Waals surface area contributed by atoms with Crippen LogP contribution in [0.4, 0.5) is 0 Å². The second-order valence-electron chi connectivity index (χ2n) is 7.59. The van der Waals surface area contributed by atoms with Crippen molar-refractivity contribution in [3.8, 4) is 11.6 Å². The zero-order chi connectivity index (χ0) is 18.1. The lowest BCUT2D eigenvalue weighted by atomic mass is 9.95. The van der Waals surface area contributed by atoms with Crippen LogP contribution in [0.1, 0.15) is 24.1 Å². The van der Waals surface area contributed by atoms with Gasteiger partial charge in [-0.3, -0.25) is 9.80 Å². The fourth-order valence-electron chi connectivity index (χ4n) is 4.35. The van der Waals surface area contributed by atoms with Crippen LogP contribution in [0.2, 0.25) is 0 Å². The molecule has 3 aliphatic rings. The molecule has 140 valence electrons. The summed E-state index contributed by atoms with van der Waals surface area (Å²) in [4.78, 5) is 18.7. The molecule has 0 aliphatic carbocycles. The van der Waals surface area contributed by atoms with Gasteiger partial charge in [0.1, 0.15) is 0 Å². The molecule has 3 aromatic heterocycles. The van der Waals surface area contributed by atoms with Gasteiger partial charge >= 0.3 is 0 Å². The summed E-state index contributed by atoms with van der Waals surface area (Å²) in [6, 6.07) is 4.35. The topological polar surface area (TPSA) is 58.3 Å². The SMILES string of the molecule is c1coc(-c2ncc(CN3C[C@H]4CC[C@@H]3CN(Cc3cscn3)C4)cn2)c1. The first-order valence-electron chi connectivity index (χ1n) is 9.52. The van der Waals surface area contributed by atoms with E-state index in [0.29, 0.717) is 17.6 Å². The summed E-state index contributed by atoms with van der Waals surface area (Å²) in [7, 11) is 0. The Labute approximate surface area is 162 Å². The minimum Gasteiger partial charge on any atom is -0.461 e. The van der Waals surface area contributed by atoms with Crippen LogP contribution in [0.5, 0.6) is 0 Å². The van der Waals surface area contributed by atoms with Crippen molar-refractivity contribution >= 4 is 11.3 Å². The summed E-state index contributed by atoms with van der Waals surface area (Å²) in [5, 5.41) is 2.17. The highest BCUT2D eigenvalue weighted by molar-refractivity contribution is 7.07. The van der Waals surface area contributed by atoms with Gasteiger partial charge in [-0.1, -0.05) is 0 Å². The van der Waals surface area contributed by atoms with Crippen molar-refractivity contribution < 1.29 is 4.42 Å². The van der Waals surface area contributed by atoms with Gasteiger partial charge in [-0.2, -0.15) is 0 Å². The molecule has 0 radical (unpaired) electrons. The molecule has 2 atom stereocenters. The molecule has 0 spiro atoms. The normalized spacial score (nSPS) is 23.6. The molecule has 3 aromatic rings. The maximum absolute atomic E-state index is 5.38. The summed E-state index contributed by atoms with van der Waals surface area (Å²) >= 11 is 1.68. The van der Waals surface area contributed by atoms with E-state index in [9.17, 15) is 0 Å². The average molecular weight is 382 g/mol. The molecule has 2 bridgehead atoms. The molecule has 6 rings (SSSR count). The molecule has 0 aromatic carbocycles. The second kappa shape index (κ2) is 7.50. The number of rotatable bonds is 5. The fraction of sp³-hybridized carbons (Fsp3) is 0.450. The predicted octanol–water partition coefficient (Wildman–Crippen LogP) is 3.29. The molecular weight excluding hydrogens is 358 g/mol. The Morgan fingerprint density at radius 2 is 2.00 bits per heavy atom. The van der Waals surface area contributed by atoms with E-state index in [1.807, 2.05) is 30.0 Å². The number of hydrogen-bond donors (Lipinski definition) is 0. The van der Waals surface area contributed by atoms with Gasteiger partial charge in [0.15, 0.2) is 11.6 Å². The van der Waals surface area contributed by atoms with Gasteiger partial charge in [0.05, 0.1) is 17.5 Å². The highest BCUT2D eigenvalue weighted by Crippen LogP contribution is 2.30. The summed E-state index contributed by atoms with van der Waals surface area (Å²) in [5.74, 6) is 2.11. The number of furan rings is 1. The van der Waals surface area contributed by atoms with Crippen LogP contribution in [0, 0.1) is 5.92 Å². The number of nitrogens with zero attached hydrogens (tertiary/aromatic N) is 5. The standard InChI is InChI=1S/C20H23N5OS/c1-2-19(26-5-1)20-21-6-16(7-22-20)10-25-9-15-3-4-18(25)12-24(8-15)11-17-13-27-14-23-17/h1-2,5-7,13-15,18H,3-4,8-12H2/t15-,18+/m0/s1. The molecule has 0 amide bonds. The zero-order valence-electron chi connectivity index (χ0n) is 15.2. The zero-order valence-corrected chi connectivity index (χ0v) is 16.0. The Morgan fingerprint density at radius 1 is 1.07 bits per heavy atom. The summed E-state index contributed by atoms with van der Waals surface area (Å²) in [6.07, 6.45) is 8.15. The van der Waals surface area contributed by atoms with Crippen LogP contribution in [-0.2, 0) is 13.1 Å². The van der Waals surface area contributed by atoms with Crippen molar-refractivity contribution in [1.29, 1.82) is 0 Å². The summed E-state index contributed by atoms with van der Waals surface area (Å²) in [5.41, 5.74) is 4.30. The number of hydrogen-bond acceptors (Lipinski definition) is 7. The minimum absolute atomic E-state index is 0.604. The number of thiazole rings is 1. The van der Waals surface area contributed by atoms with E-state index in [4.69, 9.17) is 4.42 Å². The molecular formula is C20H23N5OS. The molecule has 3 aliphatic heterocycles. The van der Waals surface area contributed by atoms with Crippen molar-refractivity contribution in [1.82, 2.24) is 24.8 Å². The van der Waals surface area contributed by atoms with E-state index >= 15 is 0 Å². The summed E-state index contributed by atoms with van der Waals surface area (Å²) in [6.45, 7) is 5.37. The van der Waals surface area contributed by atoms with Crippen molar-refractivity contribution in [2.75, 3.05) is 19.6 Å². The van der Waals surface area contributed by atoms with E-state index in [-0.39, 0.29) is 0 Å². The van der Waals surface area contributed by atoms with Crippen LogP contribution >= 0.6 is 11.3 Å². The summed E-state index contributed by atoms with van der Waals surface area (Å²) < 4.78 is 5.38.